The highest BCUT2D eigenvalue weighted by Crippen LogP contribution is 2.16. The first-order chi connectivity index (χ1) is 4.58. The van der Waals surface area contributed by atoms with Crippen LogP contribution in [0.2, 0.25) is 0 Å². The summed E-state index contributed by atoms with van der Waals surface area (Å²) in [5.74, 6) is 2.15. The molecule has 0 saturated heterocycles. The Hall–Kier alpha value is -1.15. The molecule has 5 heteroatoms. The third kappa shape index (κ3) is 0.826. The highest BCUT2D eigenvalue weighted by atomic mass is 32.2. The Kier molecular flexibility index (Phi) is 1.34. The van der Waals surface area contributed by atoms with Crippen molar-refractivity contribution >= 4 is 10.3 Å². The first kappa shape index (κ1) is 6.96. The van der Waals surface area contributed by atoms with E-state index in [-0.39, 0.29) is 5.70 Å². The van der Waals surface area contributed by atoms with Gasteiger partial charge in [0.15, 0.2) is 0 Å². The average molecular weight is 159 g/mol. The summed E-state index contributed by atoms with van der Waals surface area (Å²) in [5.41, 5.74) is 0.208. The topological polar surface area (TPSA) is 46.6 Å². The van der Waals surface area contributed by atoms with E-state index in [9.17, 15) is 8.42 Å². The maximum absolute atomic E-state index is 10.7. The normalized spacial score (nSPS) is 21.2. The van der Waals surface area contributed by atoms with Crippen molar-refractivity contribution in [1.82, 2.24) is 4.31 Å². The summed E-state index contributed by atoms with van der Waals surface area (Å²) < 4.78 is 26.5. The van der Waals surface area contributed by atoms with Crippen LogP contribution in [0.15, 0.2) is 12.0 Å². The summed E-state index contributed by atoms with van der Waals surface area (Å²) in [6.07, 6.45) is 5.96. The molecule has 1 rings (SSSR count). The molecule has 0 saturated carbocycles. The second-order valence-corrected chi connectivity index (χ2v) is 3.26. The Morgan fingerprint density at radius 2 is 2.40 bits per heavy atom. The standard InChI is InChI=1S/C5H5NO3S/c1-3-5-4-9-10(7,8)6(5)2/h1,4H,2H3. The van der Waals surface area contributed by atoms with Crippen LogP contribution >= 0.6 is 0 Å². The zero-order valence-electron chi connectivity index (χ0n) is 5.23. The Balaban J connectivity index is 3.04. The summed E-state index contributed by atoms with van der Waals surface area (Å²) >= 11 is 0. The van der Waals surface area contributed by atoms with Gasteiger partial charge in [0, 0.05) is 7.05 Å². The molecule has 4 nitrogen and oxygen atoms in total. The molecule has 0 bridgehead atoms. The van der Waals surface area contributed by atoms with Gasteiger partial charge in [0.2, 0.25) is 0 Å². The fourth-order valence-electron chi connectivity index (χ4n) is 0.491. The minimum Gasteiger partial charge on any atom is -0.372 e. The van der Waals surface area contributed by atoms with Crippen LogP contribution in [0, 0.1) is 12.3 Å². The second kappa shape index (κ2) is 1.92. The highest BCUT2D eigenvalue weighted by Gasteiger charge is 2.26. The van der Waals surface area contributed by atoms with Gasteiger partial charge in [-0.05, 0) is 5.92 Å². The molecular formula is C5H5NO3S. The van der Waals surface area contributed by atoms with E-state index >= 15 is 0 Å². The fourth-order valence-corrected chi connectivity index (χ4v) is 1.17. The molecular weight excluding hydrogens is 154 g/mol. The lowest BCUT2D eigenvalue weighted by atomic mass is 10.5. The van der Waals surface area contributed by atoms with E-state index in [4.69, 9.17) is 6.42 Å². The monoisotopic (exact) mass is 159 g/mol. The van der Waals surface area contributed by atoms with Gasteiger partial charge in [-0.2, -0.15) is 8.42 Å². The van der Waals surface area contributed by atoms with Gasteiger partial charge in [0.1, 0.15) is 12.0 Å². The van der Waals surface area contributed by atoms with Crippen molar-refractivity contribution < 1.29 is 12.6 Å². The first-order valence-corrected chi connectivity index (χ1v) is 3.78. The SMILES string of the molecule is C#CC1=COS(=O)(=O)N1C. The minimum atomic E-state index is -3.59. The van der Waals surface area contributed by atoms with E-state index < -0.39 is 10.3 Å². The van der Waals surface area contributed by atoms with E-state index in [0.29, 0.717) is 0 Å². The van der Waals surface area contributed by atoms with Crippen molar-refractivity contribution in [2.24, 2.45) is 0 Å². The third-order valence-corrected chi connectivity index (χ3v) is 2.31. The fraction of sp³-hybridized carbons (Fsp3) is 0.200. The van der Waals surface area contributed by atoms with Gasteiger partial charge in [-0.15, -0.1) is 6.42 Å². The predicted octanol–water partition coefficient (Wildman–Crippen LogP) is -0.332. The summed E-state index contributed by atoms with van der Waals surface area (Å²) in [6.45, 7) is 0. The molecule has 0 amide bonds. The van der Waals surface area contributed by atoms with Crippen LogP contribution in [0.25, 0.3) is 0 Å². The number of allylic oxidation sites excluding steroid dienone is 1. The van der Waals surface area contributed by atoms with Crippen molar-refractivity contribution in [3.63, 3.8) is 0 Å². The Labute approximate surface area is 59.3 Å². The molecule has 0 spiro atoms. The smallest absolute Gasteiger partial charge is 0.372 e. The van der Waals surface area contributed by atoms with Gasteiger partial charge < -0.3 is 4.18 Å². The van der Waals surface area contributed by atoms with Gasteiger partial charge in [0.25, 0.3) is 0 Å². The number of nitrogens with zero attached hydrogens (tertiary/aromatic N) is 1. The van der Waals surface area contributed by atoms with Crippen LogP contribution in [-0.4, -0.2) is 19.8 Å². The van der Waals surface area contributed by atoms with Crippen molar-refractivity contribution in [2.45, 2.75) is 0 Å². The Morgan fingerprint density at radius 1 is 1.80 bits per heavy atom. The lowest BCUT2D eigenvalue weighted by molar-refractivity contribution is 0.428. The van der Waals surface area contributed by atoms with Crippen LogP contribution < -0.4 is 0 Å². The predicted molar refractivity (Wildman–Crippen MR) is 34.7 cm³/mol. The molecule has 0 aromatic rings. The van der Waals surface area contributed by atoms with Gasteiger partial charge in [-0.25, -0.2) is 4.31 Å². The molecule has 0 aromatic carbocycles. The molecule has 0 aliphatic carbocycles. The first-order valence-electron chi connectivity index (χ1n) is 2.42. The number of rotatable bonds is 0. The molecule has 1 heterocycles. The Bertz CT molecular complexity index is 308. The molecule has 54 valence electrons. The second-order valence-electron chi connectivity index (χ2n) is 1.67. The molecule has 1 aliphatic heterocycles. The molecule has 1 aliphatic rings. The van der Waals surface area contributed by atoms with Crippen LogP contribution in [0.5, 0.6) is 0 Å². The lowest BCUT2D eigenvalue weighted by Crippen LogP contribution is -2.20. The van der Waals surface area contributed by atoms with Crippen LogP contribution in [0.3, 0.4) is 0 Å². The maximum atomic E-state index is 10.7. The molecule has 0 unspecified atom stereocenters. The van der Waals surface area contributed by atoms with Gasteiger partial charge in [-0.1, -0.05) is 0 Å². The summed E-state index contributed by atoms with van der Waals surface area (Å²) in [5, 5.41) is 0. The number of hydrogen-bond acceptors (Lipinski definition) is 3. The van der Waals surface area contributed by atoms with Crippen molar-refractivity contribution in [2.75, 3.05) is 7.05 Å². The molecule has 0 fully saturated rings. The van der Waals surface area contributed by atoms with Gasteiger partial charge in [0.05, 0.1) is 0 Å². The molecule has 10 heavy (non-hydrogen) atoms. The largest absolute Gasteiger partial charge is 0.409 e. The summed E-state index contributed by atoms with van der Waals surface area (Å²) in [6, 6.07) is 0. The van der Waals surface area contributed by atoms with E-state index in [1.807, 2.05) is 0 Å². The lowest BCUT2D eigenvalue weighted by Gasteiger charge is -2.06. The molecule has 0 radical (unpaired) electrons. The van der Waals surface area contributed by atoms with E-state index in [0.717, 1.165) is 10.6 Å². The van der Waals surface area contributed by atoms with E-state index in [1.165, 1.54) is 7.05 Å². The van der Waals surface area contributed by atoms with Crippen LogP contribution in [0.1, 0.15) is 0 Å². The molecule has 0 atom stereocenters. The van der Waals surface area contributed by atoms with Gasteiger partial charge in [-0.3, -0.25) is 0 Å². The highest BCUT2D eigenvalue weighted by molar-refractivity contribution is 7.84. The third-order valence-electron chi connectivity index (χ3n) is 1.10. The quantitative estimate of drug-likeness (QED) is 0.454. The average Bonchev–Trinajstić information content (AvgIpc) is 2.10. The van der Waals surface area contributed by atoms with Crippen LogP contribution in [-0.2, 0) is 14.5 Å². The summed E-state index contributed by atoms with van der Waals surface area (Å²) in [7, 11) is -2.26. The summed E-state index contributed by atoms with van der Waals surface area (Å²) in [4.78, 5) is 0. The van der Waals surface area contributed by atoms with E-state index in [2.05, 4.69) is 10.1 Å². The molecule has 0 aromatic heterocycles. The zero-order chi connectivity index (χ0) is 7.78. The number of hydrogen-bond donors (Lipinski definition) is 0. The Morgan fingerprint density at radius 3 is 2.60 bits per heavy atom. The maximum Gasteiger partial charge on any atom is 0.409 e. The van der Waals surface area contributed by atoms with Crippen LogP contribution in [0.4, 0.5) is 0 Å². The van der Waals surface area contributed by atoms with Crippen molar-refractivity contribution in [3.05, 3.63) is 12.0 Å². The van der Waals surface area contributed by atoms with Gasteiger partial charge >= 0.3 is 10.3 Å². The number of terminal acetylenes is 1. The van der Waals surface area contributed by atoms with Crippen molar-refractivity contribution in [3.8, 4) is 12.3 Å². The minimum absolute atomic E-state index is 0.208. The van der Waals surface area contributed by atoms with E-state index in [1.54, 1.807) is 0 Å². The zero-order valence-corrected chi connectivity index (χ0v) is 6.05. The molecule has 0 N–H and O–H groups in total. The van der Waals surface area contributed by atoms with Crippen molar-refractivity contribution in [1.29, 1.82) is 0 Å².